The number of rotatable bonds is 11. The van der Waals surface area contributed by atoms with Crippen LogP contribution in [0.4, 0.5) is 0 Å². The van der Waals surface area contributed by atoms with Crippen LogP contribution in [-0.4, -0.2) is 83.3 Å². The quantitative estimate of drug-likeness (QED) is 0.310. The molecule has 30 heavy (non-hydrogen) atoms. The molecule has 2 N–H and O–H groups in total. The highest BCUT2D eigenvalue weighted by Gasteiger charge is 2.24. The molecule has 1 aliphatic heterocycles. The summed E-state index contributed by atoms with van der Waals surface area (Å²) in [5, 5.41) is 6.72. The summed E-state index contributed by atoms with van der Waals surface area (Å²) in [5.74, 6) is 1.72. The Kier molecular flexibility index (Phi) is 9.87. The minimum Gasteiger partial charge on any atom is -0.497 e. The number of likely N-dealkylation sites (tertiary alicyclic amines) is 1. The minimum absolute atomic E-state index is 0.127. The van der Waals surface area contributed by atoms with E-state index in [0.29, 0.717) is 19.5 Å². The summed E-state index contributed by atoms with van der Waals surface area (Å²) < 4.78 is 30.5. The van der Waals surface area contributed by atoms with E-state index in [-0.39, 0.29) is 11.8 Å². The van der Waals surface area contributed by atoms with Gasteiger partial charge in [0, 0.05) is 33.7 Å². The summed E-state index contributed by atoms with van der Waals surface area (Å²) in [4.78, 5) is 6.81. The monoisotopic (exact) mass is 439 g/mol. The Balaban J connectivity index is 1.89. The van der Waals surface area contributed by atoms with E-state index in [1.54, 1.807) is 28.1 Å². The van der Waals surface area contributed by atoms with Crippen LogP contribution in [-0.2, 0) is 10.0 Å². The molecule has 2 rings (SSSR count). The number of benzene rings is 1. The number of ether oxygens (including phenoxy) is 1. The van der Waals surface area contributed by atoms with E-state index in [4.69, 9.17) is 4.74 Å². The van der Waals surface area contributed by atoms with E-state index in [2.05, 4.69) is 32.7 Å². The third-order valence-corrected chi connectivity index (χ3v) is 7.39. The van der Waals surface area contributed by atoms with E-state index in [9.17, 15) is 8.42 Å². The molecule has 0 bridgehead atoms. The number of nitrogens with zero attached hydrogens (tertiary/aromatic N) is 3. The van der Waals surface area contributed by atoms with Crippen LogP contribution in [0.2, 0.25) is 0 Å². The summed E-state index contributed by atoms with van der Waals surface area (Å²) in [6, 6.07) is 8.49. The number of nitrogens with one attached hydrogen (secondary N) is 2. The Morgan fingerprint density at radius 2 is 2.03 bits per heavy atom. The standard InChI is InChI=1S/C21H37N5O3S/c1-5-30(27,28)25(3)13-9-12-23-21(22-2)24-17-20(26-14-6-7-15-26)18-10-8-11-19(16-18)29-4/h8,10-11,16,20H,5-7,9,12-15,17H2,1-4H3,(H2,22,23,24). The lowest BCUT2D eigenvalue weighted by Gasteiger charge is -2.29. The predicted molar refractivity (Wildman–Crippen MR) is 123 cm³/mol. The van der Waals surface area contributed by atoms with Crippen LogP contribution in [0, 0.1) is 0 Å². The number of guanidine groups is 1. The molecule has 1 aromatic rings. The fourth-order valence-electron chi connectivity index (χ4n) is 3.64. The van der Waals surface area contributed by atoms with Gasteiger partial charge in [-0.15, -0.1) is 0 Å². The molecular formula is C21H37N5O3S. The van der Waals surface area contributed by atoms with Gasteiger partial charge in [0.05, 0.1) is 18.9 Å². The molecule has 0 amide bonds. The van der Waals surface area contributed by atoms with Gasteiger partial charge in [-0.2, -0.15) is 0 Å². The predicted octanol–water partition coefficient (Wildman–Crippen LogP) is 1.67. The lowest BCUT2D eigenvalue weighted by atomic mass is 10.1. The van der Waals surface area contributed by atoms with Crippen LogP contribution < -0.4 is 15.4 Å². The smallest absolute Gasteiger partial charge is 0.213 e. The number of sulfonamides is 1. The van der Waals surface area contributed by atoms with Gasteiger partial charge in [0.2, 0.25) is 10.0 Å². The van der Waals surface area contributed by atoms with E-state index in [0.717, 1.165) is 31.3 Å². The molecule has 0 spiro atoms. The van der Waals surface area contributed by atoms with Crippen molar-refractivity contribution in [3.05, 3.63) is 29.8 Å². The summed E-state index contributed by atoms with van der Waals surface area (Å²) in [6.07, 6.45) is 3.16. The van der Waals surface area contributed by atoms with Crippen LogP contribution in [0.15, 0.2) is 29.3 Å². The van der Waals surface area contributed by atoms with Gasteiger partial charge in [0.15, 0.2) is 5.96 Å². The first-order valence-electron chi connectivity index (χ1n) is 10.7. The average Bonchev–Trinajstić information content (AvgIpc) is 3.29. The fourth-order valence-corrected chi connectivity index (χ4v) is 4.49. The van der Waals surface area contributed by atoms with Crippen molar-refractivity contribution in [2.45, 2.75) is 32.2 Å². The summed E-state index contributed by atoms with van der Waals surface area (Å²) in [5.41, 5.74) is 1.23. The highest BCUT2D eigenvalue weighted by Crippen LogP contribution is 2.27. The van der Waals surface area contributed by atoms with Gasteiger partial charge in [-0.3, -0.25) is 9.89 Å². The average molecular weight is 440 g/mol. The molecule has 1 aromatic carbocycles. The lowest BCUT2D eigenvalue weighted by Crippen LogP contribution is -2.43. The first-order valence-corrected chi connectivity index (χ1v) is 12.3. The highest BCUT2D eigenvalue weighted by atomic mass is 32.2. The van der Waals surface area contributed by atoms with Crippen molar-refractivity contribution in [1.29, 1.82) is 0 Å². The maximum Gasteiger partial charge on any atom is 0.213 e. The first kappa shape index (κ1) is 24.4. The summed E-state index contributed by atoms with van der Waals surface area (Å²) in [6.45, 7) is 5.71. The number of hydrogen-bond donors (Lipinski definition) is 2. The Bertz CT molecular complexity index is 779. The Morgan fingerprint density at radius 1 is 1.30 bits per heavy atom. The molecule has 1 fully saturated rings. The summed E-state index contributed by atoms with van der Waals surface area (Å²) >= 11 is 0. The van der Waals surface area contributed by atoms with Crippen LogP contribution in [0.3, 0.4) is 0 Å². The lowest BCUT2D eigenvalue weighted by molar-refractivity contribution is 0.245. The maximum absolute atomic E-state index is 11.8. The molecule has 0 radical (unpaired) electrons. The van der Waals surface area contributed by atoms with Crippen molar-refractivity contribution >= 4 is 16.0 Å². The molecule has 170 valence electrons. The van der Waals surface area contributed by atoms with Gasteiger partial charge < -0.3 is 15.4 Å². The van der Waals surface area contributed by atoms with Crippen LogP contribution >= 0.6 is 0 Å². The first-order chi connectivity index (χ1) is 14.4. The van der Waals surface area contributed by atoms with Crippen LogP contribution in [0.1, 0.15) is 37.8 Å². The zero-order chi connectivity index (χ0) is 22.0. The van der Waals surface area contributed by atoms with Gasteiger partial charge in [-0.25, -0.2) is 12.7 Å². The number of hydrogen-bond acceptors (Lipinski definition) is 5. The topological polar surface area (TPSA) is 86.3 Å². The van der Waals surface area contributed by atoms with Crippen molar-refractivity contribution in [1.82, 2.24) is 19.8 Å². The van der Waals surface area contributed by atoms with Gasteiger partial charge in [0.25, 0.3) is 0 Å². The van der Waals surface area contributed by atoms with E-state index >= 15 is 0 Å². The fraction of sp³-hybridized carbons (Fsp3) is 0.667. The largest absolute Gasteiger partial charge is 0.497 e. The van der Waals surface area contributed by atoms with Crippen molar-refractivity contribution < 1.29 is 13.2 Å². The maximum atomic E-state index is 11.8. The second-order valence-corrected chi connectivity index (χ2v) is 9.86. The minimum atomic E-state index is -3.13. The van der Waals surface area contributed by atoms with Gasteiger partial charge >= 0.3 is 0 Å². The van der Waals surface area contributed by atoms with Crippen molar-refractivity contribution in [2.24, 2.45) is 4.99 Å². The van der Waals surface area contributed by atoms with Crippen molar-refractivity contribution in [3.63, 3.8) is 0 Å². The normalized spacial score (nSPS) is 16.6. The third-order valence-electron chi connectivity index (χ3n) is 5.53. The Hall–Kier alpha value is -1.84. The van der Waals surface area contributed by atoms with E-state index in [1.165, 1.54) is 22.7 Å². The zero-order valence-corrected chi connectivity index (χ0v) is 19.5. The second kappa shape index (κ2) is 12.1. The van der Waals surface area contributed by atoms with Gasteiger partial charge in [-0.05, 0) is 57.0 Å². The number of methoxy groups -OCH3 is 1. The highest BCUT2D eigenvalue weighted by molar-refractivity contribution is 7.89. The van der Waals surface area contributed by atoms with Crippen molar-refractivity contribution in [3.8, 4) is 5.75 Å². The number of aliphatic imine (C=N–C) groups is 1. The second-order valence-electron chi connectivity index (χ2n) is 7.49. The molecule has 1 saturated heterocycles. The molecule has 1 heterocycles. The van der Waals surface area contributed by atoms with Crippen LogP contribution in [0.25, 0.3) is 0 Å². The molecule has 1 atom stereocenters. The molecule has 1 unspecified atom stereocenters. The SMILES string of the molecule is CCS(=O)(=O)N(C)CCCNC(=NC)NCC(c1cccc(OC)c1)N1CCCC1. The molecule has 8 nitrogen and oxygen atoms in total. The molecule has 0 aliphatic carbocycles. The molecule has 0 aromatic heterocycles. The molecule has 9 heteroatoms. The van der Waals surface area contributed by atoms with Gasteiger partial charge in [-0.1, -0.05) is 12.1 Å². The van der Waals surface area contributed by atoms with Crippen molar-refractivity contribution in [2.75, 3.05) is 59.7 Å². The zero-order valence-electron chi connectivity index (χ0n) is 18.7. The summed E-state index contributed by atoms with van der Waals surface area (Å²) in [7, 11) is 1.94. The van der Waals surface area contributed by atoms with Gasteiger partial charge in [0.1, 0.15) is 5.75 Å². The van der Waals surface area contributed by atoms with E-state index < -0.39 is 10.0 Å². The molecule has 1 aliphatic rings. The Labute approximate surface area is 181 Å². The molecule has 0 saturated carbocycles. The third kappa shape index (κ3) is 7.14. The Morgan fingerprint density at radius 3 is 2.67 bits per heavy atom. The van der Waals surface area contributed by atoms with E-state index in [1.807, 2.05) is 12.1 Å². The molecular weight excluding hydrogens is 402 g/mol. The van der Waals surface area contributed by atoms with Crippen LogP contribution in [0.5, 0.6) is 5.75 Å².